The second-order valence-electron chi connectivity index (χ2n) is 11.9. The van der Waals surface area contributed by atoms with Gasteiger partial charge in [0.1, 0.15) is 23.7 Å². The van der Waals surface area contributed by atoms with Crippen LogP contribution in [0.3, 0.4) is 0 Å². The van der Waals surface area contributed by atoms with E-state index in [0.717, 1.165) is 6.92 Å². The lowest BCUT2D eigenvalue weighted by atomic mass is 9.97. The lowest BCUT2D eigenvalue weighted by Gasteiger charge is -2.29. The zero-order valence-corrected chi connectivity index (χ0v) is 26.5. The first-order valence-corrected chi connectivity index (χ1v) is 14.1. The fraction of sp³-hybridized carbons (Fsp3) is 0.786. The van der Waals surface area contributed by atoms with Gasteiger partial charge in [0.2, 0.25) is 17.6 Å². The molecule has 0 rings (SSSR count). The summed E-state index contributed by atoms with van der Waals surface area (Å²) < 4.78 is 40.2. The molecule has 0 fully saturated rings. The van der Waals surface area contributed by atoms with E-state index in [2.05, 4.69) is 16.0 Å². The molecule has 0 spiro atoms. The topological polar surface area (TPSA) is 169 Å². The molecule has 1 unspecified atom stereocenters. The van der Waals surface area contributed by atoms with Crippen molar-refractivity contribution < 1.29 is 47.0 Å². The Bertz CT molecular complexity index is 981. The normalized spacial score (nSPS) is 15.5. The Morgan fingerprint density at radius 3 is 1.62 bits per heavy atom. The number of nitrogens with one attached hydrogen (secondary N) is 4. The number of alkyl carbamates (subject to hydrolysis) is 1. The maximum Gasteiger partial charge on any atom is 0.408 e. The van der Waals surface area contributed by atoms with E-state index in [9.17, 15) is 28.8 Å². The van der Waals surface area contributed by atoms with E-state index in [0.29, 0.717) is 6.42 Å². The van der Waals surface area contributed by atoms with Gasteiger partial charge in [-0.25, -0.2) is 9.59 Å². The molecule has 4 N–H and O–H groups in total. The van der Waals surface area contributed by atoms with Crippen molar-refractivity contribution in [1.29, 1.82) is 0 Å². The summed E-state index contributed by atoms with van der Waals surface area (Å²) in [6, 6.07) is -5.68. The summed E-state index contributed by atoms with van der Waals surface area (Å²) in [5.74, 6) is -12.8. The number of esters is 1. The van der Waals surface area contributed by atoms with E-state index in [1.54, 1.807) is 55.4 Å². The number of carbonyl (C=O) groups is 6. The van der Waals surface area contributed by atoms with E-state index in [-0.39, 0.29) is 12.5 Å². The minimum atomic E-state index is -4.64. The highest BCUT2D eigenvalue weighted by Crippen LogP contribution is 2.20. The summed E-state index contributed by atoms with van der Waals surface area (Å²) in [5, 5.41) is 8.82. The third-order valence-corrected chi connectivity index (χ3v) is 6.26. The smallest absolute Gasteiger partial charge is 0.408 e. The number of hydrogen-bond acceptors (Lipinski definition) is 8. The zero-order chi connectivity index (χ0) is 33.2. The predicted molar refractivity (Wildman–Crippen MR) is 150 cm³/mol. The summed E-state index contributed by atoms with van der Waals surface area (Å²) in [6.07, 6.45) is -0.430. The van der Waals surface area contributed by atoms with E-state index in [1.807, 2.05) is 5.32 Å². The molecule has 14 heteroatoms. The maximum atomic E-state index is 15.0. The Morgan fingerprint density at radius 1 is 0.714 bits per heavy atom. The number of Topliss-reactive ketones (excluding diaryl/α,β-unsaturated/α-hetero) is 1. The van der Waals surface area contributed by atoms with Crippen molar-refractivity contribution in [2.45, 2.75) is 118 Å². The third-order valence-electron chi connectivity index (χ3n) is 6.26. The third kappa shape index (κ3) is 11.9. The van der Waals surface area contributed by atoms with Gasteiger partial charge < -0.3 is 30.7 Å². The second kappa shape index (κ2) is 16.4. The van der Waals surface area contributed by atoms with Crippen molar-refractivity contribution in [1.82, 2.24) is 21.3 Å². The van der Waals surface area contributed by atoms with Crippen LogP contribution in [0.1, 0.15) is 82.6 Å². The van der Waals surface area contributed by atoms with Crippen LogP contribution in [0.15, 0.2) is 0 Å². The lowest BCUT2D eigenvalue weighted by Crippen LogP contribution is -2.61. The molecule has 0 aliphatic rings. The summed E-state index contributed by atoms with van der Waals surface area (Å²) in [6.45, 7) is 17.1. The number of halogens is 2. The molecular weight excluding hydrogens is 558 g/mol. The van der Waals surface area contributed by atoms with E-state index < -0.39 is 83.1 Å². The summed E-state index contributed by atoms with van der Waals surface area (Å²) in [7, 11) is 0. The molecule has 42 heavy (non-hydrogen) atoms. The first kappa shape index (κ1) is 38.7. The van der Waals surface area contributed by atoms with Gasteiger partial charge in [-0.1, -0.05) is 48.0 Å². The van der Waals surface area contributed by atoms with Crippen LogP contribution in [0, 0.1) is 17.8 Å². The molecule has 0 saturated heterocycles. The number of rotatable bonds is 15. The fourth-order valence-electron chi connectivity index (χ4n) is 3.63. The molecule has 4 amide bonds. The van der Waals surface area contributed by atoms with Gasteiger partial charge in [0.05, 0.1) is 12.6 Å². The van der Waals surface area contributed by atoms with Crippen LogP contribution in [0.25, 0.3) is 0 Å². The fourth-order valence-corrected chi connectivity index (χ4v) is 3.63. The van der Waals surface area contributed by atoms with Gasteiger partial charge in [0.25, 0.3) is 5.91 Å². The maximum absolute atomic E-state index is 15.0. The van der Waals surface area contributed by atoms with Crippen molar-refractivity contribution in [3.8, 4) is 0 Å². The second-order valence-corrected chi connectivity index (χ2v) is 11.9. The van der Waals surface area contributed by atoms with Gasteiger partial charge in [-0.2, -0.15) is 8.78 Å². The lowest BCUT2D eigenvalue weighted by molar-refractivity contribution is -0.161. The van der Waals surface area contributed by atoms with Crippen LogP contribution >= 0.6 is 0 Å². The van der Waals surface area contributed by atoms with Crippen LogP contribution in [-0.2, 0) is 33.4 Å². The number of hydrogen-bond donors (Lipinski definition) is 4. The Labute approximate surface area is 246 Å². The van der Waals surface area contributed by atoms with Crippen molar-refractivity contribution in [3.05, 3.63) is 0 Å². The predicted octanol–water partition coefficient (Wildman–Crippen LogP) is 2.48. The van der Waals surface area contributed by atoms with Crippen molar-refractivity contribution in [2.24, 2.45) is 17.8 Å². The molecule has 0 aromatic heterocycles. The van der Waals surface area contributed by atoms with E-state index >= 15 is 8.78 Å². The summed E-state index contributed by atoms with van der Waals surface area (Å²) in [5.41, 5.74) is -0.862. The molecule has 242 valence electrons. The average molecular weight is 607 g/mol. The highest BCUT2D eigenvalue weighted by Gasteiger charge is 2.51. The molecule has 0 radical (unpaired) electrons. The zero-order valence-electron chi connectivity index (χ0n) is 26.5. The van der Waals surface area contributed by atoms with Crippen LogP contribution in [0.5, 0.6) is 0 Å². The van der Waals surface area contributed by atoms with Gasteiger partial charge in [-0.3, -0.25) is 19.2 Å². The van der Waals surface area contributed by atoms with E-state index in [1.165, 1.54) is 13.8 Å². The number of alkyl halides is 2. The van der Waals surface area contributed by atoms with Crippen LogP contribution in [0.2, 0.25) is 0 Å². The van der Waals surface area contributed by atoms with Crippen LogP contribution in [0.4, 0.5) is 13.6 Å². The van der Waals surface area contributed by atoms with Crippen molar-refractivity contribution >= 4 is 35.6 Å². The Kier molecular flexibility index (Phi) is 15.1. The molecule has 0 aromatic carbocycles. The standard InChI is InChI=1S/C28H48F2N4O8/c1-12-16(7)20(24(38)41-13-2)32-23(37)18(14(3)4)33-25(39)28(29,30)21(35)17(8)31-22(36)19(15(5)6)34-26(40)42-27(9,10)11/h14-20H,12-13H2,1-11H3,(H,31,36)(H,32,37)(H,33,39)(H,34,40)/t16?,17-,18-,19-,20-/m0/s1. The highest BCUT2D eigenvalue weighted by molar-refractivity contribution is 6.11. The minimum Gasteiger partial charge on any atom is -0.464 e. The molecule has 0 heterocycles. The molecule has 0 aliphatic carbocycles. The van der Waals surface area contributed by atoms with Gasteiger partial charge in [0, 0.05) is 0 Å². The first-order valence-electron chi connectivity index (χ1n) is 14.1. The van der Waals surface area contributed by atoms with Crippen molar-refractivity contribution in [2.75, 3.05) is 6.61 Å². The van der Waals surface area contributed by atoms with Gasteiger partial charge in [-0.05, 0) is 52.4 Å². The van der Waals surface area contributed by atoms with E-state index in [4.69, 9.17) is 9.47 Å². The van der Waals surface area contributed by atoms with Crippen molar-refractivity contribution in [3.63, 3.8) is 0 Å². The molecule has 12 nitrogen and oxygen atoms in total. The molecule has 0 aromatic rings. The highest BCUT2D eigenvalue weighted by atomic mass is 19.3. The quantitative estimate of drug-likeness (QED) is 0.163. The molecular formula is C28H48F2N4O8. The summed E-state index contributed by atoms with van der Waals surface area (Å²) >= 11 is 0. The van der Waals surface area contributed by atoms with Crippen LogP contribution < -0.4 is 21.3 Å². The monoisotopic (exact) mass is 606 g/mol. The molecule has 0 saturated carbocycles. The Morgan fingerprint density at radius 2 is 1.19 bits per heavy atom. The number of ether oxygens (including phenoxy) is 2. The molecule has 0 aliphatic heterocycles. The van der Waals surface area contributed by atoms with Gasteiger partial charge >= 0.3 is 18.0 Å². The minimum absolute atomic E-state index is 0.0595. The number of amides is 4. The Balaban J connectivity index is 5.67. The van der Waals surface area contributed by atoms with Gasteiger partial charge in [0.15, 0.2) is 0 Å². The summed E-state index contributed by atoms with van der Waals surface area (Å²) in [4.78, 5) is 75.5. The average Bonchev–Trinajstić information content (AvgIpc) is 2.85. The first-order chi connectivity index (χ1) is 19.1. The van der Waals surface area contributed by atoms with Crippen LogP contribution in [-0.4, -0.2) is 77.9 Å². The largest absolute Gasteiger partial charge is 0.464 e. The Hall–Kier alpha value is -3.32. The SMILES string of the molecule is CCOC(=O)[C@@H](NC(=O)[C@@H](NC(=O)C(F)(F)C(=O)[C@H](C)NC(=O)[C@@H](NC(=O)OC(C)(C)C)C(C)C)C(C)C)C(C)CC. The number of ketones is 1. The van der Waals surface area contributed by atoms with Gasteiger partial charge in [-0.15, -0.1) is 0 Å². The molecule has 5 atom stereocenters. The molecule has 0 bridgehead atoms. The number of carbonyl (C=O) groups excluding carboxylic acids is 6.